The fraction of sp³-hybridized carbons (Fsp3) is 0.111. The van der Waals surface area contributed by atoms with E-state index in [9.17, 15) is 0 Å². The van der Waals surface area contributed by atoms with Gasteiger partial charge in [-0.3, -0.25) is 0 Å². The first-order valence-corrected chi connectivity index (χ1v) is 4.47. The molecule has 14 heavy (non-hydrogen) atoms. The SMILES string of the molecule is Cn1nnc(-c2cccc(Cl)c2)c1N. The van der Waals surface area contributed by atoms with E-state index in [-0.39, 0.29) is 0 Å². The summed E-state index contributed by atoms with van der Waals surface area (Å²) in [7, 11) is 1.75. The van der Waals surface area contributed by atoms with E-state index in [2.05, 4.69) is 10.3 Å². The van der Waals surface area contributed by atoms with E-state index >= 15 is 0 Å². The van der Waals surface area contributed by atoms with Gasteiger partial charge in [0.05, 0.1) is 0 Å². The summed E-state index contributed by atoms with van der Waals surface area (Å²) in [5, 5.41) is 8.44. The zero-order valence-corrected chi connectivity index (χ0v) is 8.36. The molecule has 0 saturated heterocycles. The van der Waals surface area contributed by atoms with Crippen molar-refractivity contribution in [3.63, 3.8) is 0 Å². The maximum atomic E-state index is 5.86. The Labute approximate surface area is 86.3 Å². The summed E-state index contributed by atoms with van der Waals surface area (Å²) >= 11 is 5.86. The summed E-state index contributed by atoms with van der Waals surface area (Å²) in [4.78, 5) is 0. The second-order valence-corrected chi connectivity index (χ2v) is 3.39. The van der Waals surface area contributed by atoms with Gasteiger partial charge in [-0.2, -0.15) is 0 Å². The van der Waals surface area contributed by atoms with Gasteiger partial charge in [-0.25, -0.2) is 4.68 Å². The lowest BCUT2D eigenvalue weighted by molar-refractivity contribution is 0.723. The van der Waals surface area contributed by atoms with E-state index in [1.807, 2.05) is 18.2 Å². The third-order valence-electron chi connectivity index (χ3n) is 1.97. The van der Waals surface area contributed by atoms with E-state index in [0.29, 0.717) is 16.5 Å². The molecular formula is C9H9ClN4. The molecule has 0 amide bonds. The molecule has 0 aliphatic rings. The van der Waals surface area contributed by atoms with Gasteiger partial charge >= 0.3 is 0 Å². The van der Waals surface area contributed by atoms with Crippen LogP contribution in [-0.4, -0.2) is 15.0 Å². The quantitative estimate of drug-likeness (QED) is 0.777. The van der Waals surface area contributed by atoms with Gasteiger partial charge in [-0.15, -0.1) is 5.10 Å². The van der Waals surface area contributed by atoms with Crippen molar-refractivity contribution in [2.75, 3.05) is 5.73 Å². The van der Waals surface area contributed by atoms with Crippen molar-refractivity contribution in [3.05, 3.63) is 29.3 Å². The molecule has 0 bridgehead atoms. The largest absolute Gasteiger partial charge is 0.382 e. The molecule has 2 N–H and O–H groups in total. The van der Waals surface area contributed by atoms with Gasteiger partial charge in [-0.05, 0) is 12.1 Å². The number of aryl methyl sites for hydroxylation is 1. The highest BCUT2D eigenvalue weighted by Crippen LogP contribution is 2.24. The van der Waals surface area contributed by atoms with Crippen molar-refractivity contribution < 1.29 is 0 Å². The van der Waals surface area contributed by atoms with Gasteiger partial charge in [-0.1, -0.05) is 28.9 Å². The normalized spacial score (nSPS) is 10.4. The highest BCUT2D eigenvalue weighted by Gasteiger charge is 2.08. The smallest absolute Gasteiger partial charge is 0.150 e. The summed E-state index contributed by atoms with van der Waals surface area (Å²) in [5.41, 5.74) is 7.32. The second-order valence-electron chi connectivity index (χ2n) is 2.96. The lowest BCUT2D eigenvalue weighted by Crippen LogP contribution is -1.97. The van der Waals surface area contributed by atoms with Crippen LogP contribution < -0.4 is 5.73 Å². The second kappa shape index (κ2) is 3.31. The van der Waals surface area contributed by atoms with Gasteiger partial charge < -0.3 is 5.73 Å². The van der Waals surface area contributed by atoms with Gasteiger partial charge in [0.15, 0.2) is 0 Å². The third kappa shape index (κ3) is 1.44. The lowest BCUT2D eigenvalue weighted by Gasteiger charge is -1.98. The topological polar surface area (TPSA) is 56.7 Å². The number of nitrogens with zero attached hydrogens (tertiary/aromatic N) is 3. The van der Waals surface area contributed by atoms with Gasteiger partial charge in [0.2, 0.25) is 0 Å². The Balaban J connectivity index is 2.55. The van der Waals surface area contributed by atoms with Crippen LogP contribution in [0.3, 0.4) is 0 Å². The van der Waals surface area contributed by atoms with Crippen molar-refractivity contribution in [2.45, 2.75) is 0 Å². The van der Waals surface area contributed by atoms with Crippen LogP contribution in [0, 0.1) is 0 Å². The molecule has 0 atom stereocenters. The Morgan fingerprint density at radius 2 is 2.21 bits per heavy atom. The van der Waals surface area contributed by atoms with Crippen LogP contribution in [0.1, 0.15) is 0 Å². The first kappa shape index (κ1) is 9.02. The summed E-state index contributed by atoms with van der Waals surface area (Å²) < 4.78 is 1.52. The fourth-order valence-electron chi connectivity index (χ4n) is 1.21. The monoisotopic (exact) mass is 208 g/mol. The summed E-state index contributed by atoms with van der Waals surface area (Å²) in [6.07, 6.45) is 0. The van der Waals surface area contributed by atoms with Gasteiger partial charge in [0, 0.05) is 17.6 Å². The third-order valence-corrected chi connectivity index (χ3v) is 2.20. The van der Waals surface area contributed by atoms with Gasteiger partial charge in [0.25, 0.3) is 0 Å². The Morgan fingerprint density at radius 3 is 2.79 bits per heavy atom. The van der Waals surface area contributed by atoms with Crippen LogP contribution in [0.5, 0.6) is 0 Å². The fourth-order valence-corrected chi connectivity index (χ4v) is 1.40. The Bertz CT molecular complexity index is 464. The van der Waals surface area contributed by atoms with Crippen molar-refractivity contribution in [3.8, 4) is 11.3 Å². The predicted molar refractivity (Wildman–Crippen MR) is 55.9 cm³/mol. The number of halogens is 1. The number of nitrogens with two attached hydrogens (primary N) is 1. The molecule has 72 valence electrons. The number of nitrogen functional groups attached to an aromatic ring is 1. The molecule has 4 nitrogen and oxygen atoms in total. The molecule has 0 radical (unpaired) electrons. The van der Waals surface area contributed by atoms with Crippen LogP contribution >= 0.6 is 11.6 Å². The predicted octanol–water partition coefficient (Wildman–Crippen LogP) is 1.72. The molecule has 1 aromatic heterocycles. The number of aromatic nitrogens is 3. The van der Waals surface area contributed by atoms with Crippen LogP contribution in [0.25, 0.3) is 11.3 Å². The molecule has 2 rings (SSSR count). The standard InChI is InChI=1S/C9H9ClN4/c1-14-9(11)8(12-13-14)6-3-2-4-7(10)5-6/h2-5H,11H2,1H3. The maximum Gasteiger partial charge on any atom is 0.150 e. The maximum absolute atomic E-state index is 5.86. The number of benzene rings is 1. The van der Waals surface area contributed by atoms with E-state index in [4.69, 9.17) is 17.3 Å². The van der Waals surface area contributed by atoms with Crippen molar-refractivity contribution >= 4 is 17.4 Å². The summed E-state index contributed by atoms with van der Waals surface area (Å²) in [5.74, 6) is 0.535. The molecule has 0 aliphatic heterocycles. The summed E-state index contributed by atoms with van der Waals surface area (Å²) in [6.45, 7) is 0. The van der Waals surface area contributed by atoms with E-state index in [0.717, 1.165) is 5.56 Å². The molecule has 0 spiro atoms. The van der Waals surface area contributed by atoms with E-state index < -0.39 is 0 Å². The first-order valence-electron chi connectivity index (χ1n) is 4.09. The number of hydrogen-bond donors (Lipinski definition) is 1. The highest BCUT2D eigenvalue weighted by molar-refractivity contribution is 6.30. The minimum Gasteiger partial charge on any atom is -0.382 e. The molecule has 1 aromatic carbocycles. The Morgan fingerprint density at radius 1 is 1.43 bits per heavy atom. The van der Waals surface area contributed by atoms with Crippen molar-refractivity contribution in [2.24, 2.45) is 7.05 Å². The van der Waals surface area contributed by atoms with E-state index in [1.54, 1.807) is 13.1 Å². The number of rotatable bonds is 1. The van der Waals surface area contributed by atoms with Crippen LogP contribution in [0.15, 0.2) is 24.3 Å². The summed E-state index contributed by atoms with van der Waals surface area (Å²) in [6, 6.07) is 7.36. The van der Waals surface area contributed by atoms with Crippen LogP contribution in [-0.2, 0) is 7.05 Å². The molecule has 5 heteroatoms. The average molecular weight is 209 g/mol. The highest BCUT2D eigenvalue weighted by atomic mass is 35.5. The van der Waals surface area contributed by atoms with Crippen molar-refractivity contribution in [1.82, 2.24) is 15.0 Å². The van der Waals surface area contributed by atoms with Crippen LogP contribution in [0.4, 0.5) is 5.82 Å². The van der Waals surface area contributed by atoms with E-state index in [1.165, 1.54) is 4.68 Å². The molecule has 0 saturated carbocycles. The molecule has 2 aromatic rings. The van der Waals surface area contributed by atoms with Crippen LogP contribution in [0.2, 0.25) is 5.02 Å². The molecular weight excluding hydrogens is 200 g/mol. The molecule has 1 heterocycles. The lowest BCUT2D eigenvalue weighted by atomic mass is 10.1. The first-order chi connectivity index (χ1) is 6.68. The zero-order valence-electron chi connectivity index (χ0n) is 7.61. The Kier molecular flexibility index (Phi) is 2.13. The zero-order chi connectivity index (χ0) is 10.1. The average Bonchev–Trinajstić information content (AvgIpc) is 2.48. The minimum absolute atomic E-state index is 0.535. The van der Waals surface area contributed by atoms with Crippen molar-refractivity contribution in [1.29, 1.82) is 0 Å². The number of hydrogen-bond acceptors (Lipinski definition) is 3. The number of anilines is 1. The molecule has 0 aliphatic carbocycles. The Hall–Kier alpha value is -1.55. The minimum atomic E-state index is 0.535. The van der Waals surface area contributed by atoms with Gasteiger partial charge in [0.1, 0.15) is 11.5 Å². The molecule has 0 unspecified atom stereocenters. The molecule has 0 fully saturated rings.